The maximum Gasteiger partial charge on any atom is 0.414 e. The zero-order chi connectivity index (χ0) is 18.7. The molecule has 3 rings (SSSR count). The fourth-order valence-electron chi connectivity index (χ4n) is 3.37. The lowest BCUT2D eigenvalue weighted by molar-refractivity contribution is -0.125. The molecule has 2 aliphatic rings. The minimum atomic E-state index is -0.386. The first kappa shape index (κ1) is 18.4. The average Bonchev–Trinajstić information content (AvgIpc) is 3.04. The second kappa shape index (κ2) is 7.88. The van der Waals surface area contributed by atoms with E-state index in [1.54, 1.807) is 9.80 Å². The lowest BCUT2D eigenvalue weighted by Crippen LogP contribution is -2.41. The topological polar surface area (TPSA) is 85.1 Å². The third-order valence-corrected chi connectivity index (χ3v) is 4.78. The van der Waals surface area contributed by atoms with E-state index in [-0.39, 0.29) is 24.7 Å². The van der Waals surface area contributed by atoms with E-state index in [0.29, 0.717) is 26.2 Å². The Labute approximate surface area is 153 Å². The predicted molar refractivity (Wildman–Crippen MR) is 100 cm³/mol. The third-order valence-electron chi connectivity index (χ3n) is 4.78. The molecule has 26 heavy (non-hydrogen) atoms. The van der Waals surface area contributed by atoms with Gasteiger partial charge in [0.25, 0.3) is 5.91 Å². The Morgan fingerprint density at radius 3 is 2.77 bits per heavy atom. The quantitative estimate of drug-likeness (QED) is 0.871. The molecule has 7 nitrogen and oxygen atoms in total. The number of morpholine rings is 1. The van der Waals surface area contributed by atoms with Gasteiger partial charge in [-0.2, -0.15) is 0 Å². The van der Waals surface area contributed by atoms with E-state index >= 15 is 0 Å². The fraction of sp³-hybridized carbons (Fsp3) is 0.474. The highest BCUT2D eigenvalue weighted by molar-refractivity contribution is 5.98. The maximum atomic E-state index is 12.3. The summed E-state index contributed by atoms with van der Waals surface area (Å²) in [7, 11) is 0. The summed E-state index contributed by atoms with van der Waals surface area (Å²) in [6, 6.07) is 5.72. The molecule has 0 aliphatic carbocycles. The van der Waals surface area contributed by atoms with Gasteiger partial charge in [0.1, 0.15) is 12.7 Å². The van der Waals surface area contributed by atoms with Crippen molar-refractivity contribution in [2.75, 3.05) is 42.6 Å². The predicted octanol–water partition coefficient (Wildman–Crippen LogP) is 2.15. The Kier molecular flexibility index (Phi) is 5.58. The van der Waals surface area contributed by atoms with Gasteiger partial charge in [0.15, 0.2) is 0 Å². The van der Waals surface area contributed by atoms with Gasteiger partial charge in [-0.25, -0.2) is 4.79 Å². The van der Waals surface area contributed by atoms with Crippen LogP contribution in [0.15, 0.2) is 24.3 Å². The van der Waals surface area contributed by atoms with Crippen LogP contribution in [0, 0.1) is 0 Å². The summed E-state index contributed by atoms with van der Waals surface area (Å²) in [5, 5.41) is 0. The van der Waals surface area contributed by atoms with Crippen LogP contribution in [-0.4, -0.2) is 51.0 Å². The molecule has 2 fully saturated rings. The highest BCUT2D eigenvalue weighted by Gasteiger charge is 2.33. The summed E-state index contributed by atoms with van der Waals surface area (Å²) in [6.07, 6.45) is 2.16. The molecule has 0 radical (unpaired) electrons. The van der Waals surface area contributed by atoms with Crippen molar-refractivity contribution in [3.05, 3.63) is 29.8 Å². The van der Waals surface area contributed by atoms with Crippen LogP contribution < -0.4 is 15.5 Å². The summed E-state index contributed by atoms with van der Waals surface area (Å²) < 4.78 is 10.5. The molecule has 140 valence electrons. The first-order valence-electron chi connectivity index (χ1n) is 8.95. The molecule has 1 aromatic carbocycles. The van der Waals surface area contributed by atoms with Crippen molar-refractivity contribution < 1.29 is 19.1 Å². The van der Waals surface area contributed by atoms with Gasteiger partial charge in [0.05, 0.1) is 18.8 Å². The standard InChI is InChI=1S/C19H25N3O4/c1-3-13(4-2)16-9-14(21-7-8-25-12-18(21)23)5-6-17(16)22-11-15(10-20)26-19(22)24/h3,5-6,9,15H,4,7-8,10-12,20H2,1-2H3. The Balaban J connectivity index is 2.02. The molecule has 1 aromatic rings. The number of benzene rings is 1. The number of carbonyl (C=O) groups is 2. The van der Waals surface area contributed by atoms with E-state index in [2.05, 4.69) is 6.92 Å². The monoisotopic (exact) mass is 359 g/mol. The largest absolute Gasteiger partial charge is 0.443 e. The summed E-state index contributed by atoms with van der Waals surface area (Å²) in [5.41, 5.74) is 9.28. The number of cyclic esters (lactones) is 1. The highest BCUT2D eigenvalue weighted by atomic mass is 16.6. The number of ether oxygens (including phenoxy) is 2. The van der Waals surface area contributed by atoms with E-state index in [0.717, 1.165) is 28.9 Å². The van der Waals surface area contributed by atoms with E-state index in [1.165, 1.54) is 0 Å². The van der Waals surface area contributed by atoms with Crippen LogP contribution in [0.25, 0.3) is 5.57 Å². The maximum absolute atomic E-state index is 12.3. The minimum absolute atomic E-state index is 0.0581. The highest BCUT2D eigenvalue weighted by Crippen LogP contribution is 2.35. The molecule has 0 spiro atoms. The zero-order valence-corrected chi connectivity index (χ0v) is 15.2. The van der Waals surface area contributed by atoms with Gasteiger partial charge < -0.3 is 20.1 Å². The van der Waals surface area contributed by atoms with Crippen molar-refractivity contribution in [3.8, 4) is 0 Å². The van der Waals surface area contributed by atoms with Crippen LogP contribution in [0.4, 0.5) is 16.2 Å². The second-order valence-corrected chi connectivity index (χ2v) is 6.32. The Morgan fingerprint density at radius 1 is 1.35 bits per heavy atom. The molecular weight excluding hydrogens is 334 g/mol. The molecule has 1 atom stereocenters. The average molecular weight is 359 g/mol. The zero-order valence-electron chi connectivity index (χ0n) is 15.2. The molecule has 7 heteroatoms. The summed E-state index contributed by atoms with van der Waals surface area (Å²) in [5.74, 6) is -0.0581. The van der Waals surface area contributed by atoms with Crippen molar-refractivity contribution >= 4 is 28.9 Å². The molecule has 0 bridgehead atoms. The molecule has 0 saturated carbocycles. The molecule has 2 heterocycles. The minimum Gasteiger partial charge on any atom is -0.443 e. The number of hydrogen-bond acceptors (Lipinski definition) is 5. The van der Waals surface area contributed by atoms with Gasteiger partial charge in [-0.05, 0) is 37.1 Å². The van der Waals surface area contributed by atoms with Crippen molar-refractivity contribution in [3.63, 3.8) is 0 Å². The van der Waals surface area contributed by atoms with Crippen LogP contribution in [-0.2, 0) is 14.3 Å². The van der Waals surface area contributed by atoms with Crippen LogP contribution >= 0.6 is 0 Å². The smallest absolute Gasteiger partial charge is 0.414 e. The Bertz CT molecular complexity index is 731. The number of anilines is 2. The number of amides is 2. The van der Waals surface area contributed by atoms with Gasteiger partial charge in [0, 0.05) is 24.3 Å². The third kappa shape index (κ3) is 3.45. The fourth-order valence-corrected chi connectivity index (χ4v) is 3.37. The van der Waals surface area contributed by atoms with Crippen LogP contribution in [0.3, 0.4) is 0 Å². The van der Waals surface area contributed by atoms with E-state index < -0.39 is 0 Å². The lowest BCUT2D eigenvalue weighted by Gasteiger charge is -2.28. The number of rotatable bonds is 5. The van der Waals surface area contributed by atoms with Crippen molar-refractivity contribution in [1.29, 1.82) is 0 Å². The van der Waals surface area contributed by atoms with Gasteiger partial charge in [0.2, 0.25) is 0 Å². The summed E-state index contributed by atoms with van der Waals surface area (Å²) in [6.45, 7) is 5.90. The Morgan fingerprint density at radius 2 is 2.15 bits per heavy atom. The van der Waals surface area contributed by atoms with Gasteiger partial charge >= 0.3 is 6.09 Å². The molecule has 2 N–H and O–H groups in total. The lowest BCUT2D eigenvalue weighted by atomic mass is 9.99. The number of carbonyl (C=O) groups excluding carboxylic acids is 2. The normalized spacial score (nSPS) is 21.3. The summed E-state index contributed by atoms with van der Waals surface area (Å²) >= 11 is 0. The molecule has 1 unspecified atom stereocenters. The van der Waals surface area contributed by atoms with Gasteiger partial charge in [-0.15, -0.1) is 0 Å². The molecule has 2 saturated heterocycles. The first-order valence-corrected chi connectivity index (χ1v) is 8.95. The van der Waals surface area contributed by atoms with E-state index in [9.17, 15) is 9.59 Å². The number of allylic oxidation sites excluding steroid dienone is 2. The van der Waals surface area contributed by atoms with Crippen molar-refractivity contribution in [1.82, 2.24) is 0 Å². The van der Waals surface area contributed by atoms with Crippen molar-refractivity contribution in [2.45, 2.75) is 26.4 Å². The van der Waals surface area contributed by atoms with Crippen LogP contribution in [0.5, 0.6) is 0 Å². The van der Waals surface area contributed by atoms with Gasteiger partial charge in [-0.3, -0.25) is 9.69 Å². The second-order valence-electron chi connectivity index (χ2n) is 6.32. The molecule has 0 aromatic heterocycles. The SMILES string of the molecule is CC=C(CC)c1cc(N2CCOCC2=O)ccc1N1CC(CN)OC1=O. The molecule has 2 amide bonds. The first-order chi connectivity index (χ1) is 12.6. The van der Waals surface area contributed by atoms with E-state index in [1.807, 2.05) is 31.2 Å². The molecule has 2 aliphatic heterocycles. The van der Waals surface area contributed by atoms with Gasteiger partial charge in [-0.1, -0.05) is 13.0 Å². The van der Waals surface area contributed by atoms with E-state index in [4.69, 9.17) is 15.2 Å². The van der Waals surface area contributed by atoms with Crippen molar-refractivity contribution in [2.24, 2.45) is 5.73 Å². The summed E-state index contributed by atoms with van der Waals surface area (Å²) in [4.78, 5) is 27.8. The number of nitrogens with zero attached hydrogens (tertiary/aromatic N) is 2. The Hall–Kier alpha value is -2.38. The van der Waals surface area contributed by atoms with Crippen LogP contribution in [0.1, 0.15) is 25.8 Å². The number of nitrogens with two attached hydrogens (primary N) is 1. The van der Waals surface area contributed by atoms with Crippen LogP contribution in [0.2, 0.25) is 0 Å². The molecular formula is C19H25N3O4. The number of hydrogen-bond donors (Lipinski definition) is 1.